The Morgan fingerprint density at radius 1 is 1.20 bits per heavy atom. The number of carbonyl (C=O) groups is 1. The monoisotopic (exact) mass is 329 g/mol. The molecule has 0 fully saturated rings. The number of aromatic nitrogens is 2. The SMILES string of the molecule is O=C(NCc1ccc2nc[nH]c2c1)c1ccc(Br)cc1. The molecule has 3 rings (SSSR count). The highest BCUT2D eigenvalue weighted by molar-refractivity contribution is 9.10. The summed E-state index contributed by atoms with van der Waals surface area (Å²) in [5.74, 6) is -0.0813. The number of rotatable bonds is 3. The molecule has 0 radical (unpaired) electrons. The molecule has 3 aromatic rings. The van der Waals surface area contributed by atoms with Gasteiger partial charge in [-0.2, -0.15) is 0 Å². The normalized spacial score (nSPS) is 10.7. The van der Waals surface area contributed by atoms with Gasteiger partial charge in [0.05, 0.1) is 17.4 Å². The van der Waals surface area contributed by atoms with Gasteiger partial charge >= 0.3 is 0 Å². The van der Waals surface area contributed by atoms with Gasteiger partial charge in [-0.3, -0.25) is 4.79 Å². The minimum atomic E-state index is -0.0813. The van der Waals surface area contributed by atoms with E-state index in [9.17, 15) is 4.79 Å². The molecule has 0 aliphatic carbocycles. The minimum Gasteiger partial charge on any atom is -0.348 e. The number of aromatic amines is 1. The lowest BCUT2D eigenvalue weighted by molar-refractivity contribution is 0.0951. The molecule has 5 heteroatoms. The second-order valence-electron chi connectivity index (χ2n) is 4.44. The zero-order chi connectivity index (χ0) is 13.9. The second kappa shape index (κ2) is 5.46. The van der Waals surface area contributed by atoms with Crippen molar-refractivity contribution < 1.29 is 4.79 Å². The van der Waals surface area contributed by atoms with E-state index >= 15 is 0 Å². The van der Waals surface area contributed by atoms with Crippen LogP contribution >= 0.6 is 15.9 Å². The maximum atomic E-state index is 12.0. The van der Waals surface area contributed by atoms with E-state index in [1.54, 1.807) is 18.5 Å². The Bertz CT molecular complexity index is 749. The summed E-state index contributed by atoms with van der Waals surface area (Å²) >= 11 is 3.35. The van der Waals surface area contributed by atoms with E-state index in [4.69, 9.17) is 0 Å². The summed E-state index contributed by atoms with van der Waals surface area (Å²) in [5, 5.41) is 2.90. The maximum absolute atomic E-state index is 12.0. The summed E-state index contributed by atoms with van der Waals surface area (Å²) < 4.78 is 0.957. The Kier molecular flexibility index (Phi) is 3.52. The highest BCUT2D eigenvalue weighted by Gasteiger charge is 2.05. The van der Waals surface area contributed by atoms with Gasteiger partial charge in [0.2, 0.25) is 0 Å². The van der Waals surface area contributed by atoms with Crippen molar-refractivity contribution in [2.45, 2.75) is 6.54 Å². The molecule has 4 nitrogen and oxygen atoms in total. The van der Waals surface area contributed by atoms with Gasteiger partial charge in [0.1, 0.15) is 0 Å². The Morgan fingerprint density at radius 3 is 2.80 bits per heavy atom. The van der Waals surface area contributed by atoms with E-state index in [1.807, 2.05) is 30.3 Å². The third kappa shape index (κ3) is 2.72. The first-order valence-corrected chi connectivity index (χ1v) is 6.97. The molecule has 0 unspecified atom stereocenters. The molecule has 0 spiro atoms. The first-order valence-electron chi connectivity index (χ1n) is 6.18. The summed E-state index contributed by atoms with van der Waals surface area (Å²) in [6, 6.07) is 13.2. The molecular formula is C15H12BrN3O. The van der Waals surface area contributed by atoms with Crippen LogP contribution in [0.3, 0.4) is 0 Å². The molecule has 0 bridgehead atoms. The first kappa shape index (κ1) is 12.9. The third-order valence-electron chi connectivity index (χ3n) is 3.04. The molecule has 20 heavy (non-hydrogen) atoms. The van der Waals surface area contributed by atoms with Crippen molar-refractivity contribution in [3.8, 4) is 0 Å². The van der Waals surface area contributed by atoms with E-state index in [0.29, 0.717) is 12.1 Å². The Morgan fingerprint density at radius 2 is 2.00 bits per heavy atom. The summed E-state index contributed by atoms with van der Waals surface area (Å²) in [6.07, 6.45) is 1.66. The van der Waals surface area contributed by atoms with Gasteiger partial charge in [-0.1, -0.05) is 22.0 Å². The molecule has 0 aliphatic heterocycles. The molecule has 0 saturated carbocycles. The predicted molar refractivity (Wildman–Crippen MR) is 81.4 cm³/mol. The molecule has 0 saturated heterocycles. The van der Waals surface area contributed by atoms with Crippen LogP contribution in [0.5, 0.6) is 0 Å². The topological polar surface area (TPSA) is 57.8 Å². The van der Waals surface area contributed by atoms with E-state index in [2.05, 4.69) is 31.2 Å². The van der Waals surface area contributed by atoms with Gasteiger partial charge < -0.3 is 10.3 Å². The number of amides is 1. The largest absolute Gasteiger partial charge is 0.348 e. The highest BCUT2D eigenvalue weighted by atomic mass is 79.9. The van der Waals surface area contributed by atoms with Crippen LogP contribution in [-0.2, 0) is 6.54 Å². The lowest BCUT2D eigenvalue weighted by Crippen LogP contribution is -2.22. The lowest BCUT2D eigenvalue weighted by Gasteiger charge is -2.05. The Balaban J connectivity index is 1.69. The molecule has 100 valence electrons. The number of carbonyl (C=O) groups excluding carboxylic acids is 1. The number of benzene rings is 2. The van der Waals surface area contributed by atoms with Crippen molar-refractivity contribution in [3.05, 3.63) is 64.4 Å². The van der Waals surface area contributed by atoms with Crippen molar-refractivity contribution in [1.29, 1.82) is 0 Å². The molecule has 0 aliphatic rings. The van der Waals surface area contributed by atoms with E-state index in [1.165, 1.54) is 0 Å². The zero-order valence-electron chi connectivity index (χ0n) is 10.6. The quantitative estimate of drug-likeness (QED) is 0.774. The molecule has 1 aromatic heterocycles. The maximum Gasteiger partial charge on any atom is 0.251 e. The summed E-state index contributed by atoms with van der Waals surface area (Å²) in [7, 11) is 0. The molecule has 0 atom stereocenters. The predicted octanol–water partition coefficient (Wildman–Crippen LogP) is 3.26. The fourth-order valence-electron chi connectivity index (χ4n) is 1.98. The smallest absolute Gasteiger partial charge is 0.251 e. The van der Waals surface area contributed by atoms with Crippen LogP contribution in [0.4, 0.5) is 0 Å². The number of nitrogens with zero attached hydrogens (tertiary/aromatic N) is 1. The van der Waals surface area contributed by atoms with E-state index < -0.39 is 0 Å². The van der Waals surface area contributed by atoms with Crippen molar-refractivity contribution in [3.63, 3.8) is 0 Å². The standard InChI is InChI=1S/C15H12BrN3O/c16-12-4-2-11(3-5-12)15(20)17-8-10-1-6-13-14(7-10)19-9-18-13/h1-7,9H,8H2,(H,17,20)(H,18,19). The van der Waals surface area contributed by atoms with Gasteiger partial charge in [-0.05, 0) is 42.0 Å². The van der Waals surface area contributed by atoms with Crippen LogP contribution in [0.25, 0.3) is 11.0 Å². The van der Waals surface area contributed by atoms with Crippen molar-refractivity contribution >= 4 is 32.9 Å². The number of halogens is 1. The minimum absolute atomic E-state index is 0.0813. The zero-order valence-corrected chi connectivity index (χ0v) is 12.1. The van der Waals surface area contributed by atoms with Crippen LogP contribution in [0.15, 0.2) is 53.3 Å². The van der Waals surface area contributed by atoms with Gasteiger partial charge in [0, 0.05) is 16.6 Å². The molecule has 2 N–H and O–H groups in total. The van der Waals surface area contributed by atoms with Crippen LogP contribution in [0.1, 0.15) is 15.9 Å². The van der Waals surface area contributed by atoms with Crippen LogP contribution in [-0.4, -0.2) is 15.9 Å². The van der Waals surface area contributed by atoms with E-state index in [0.717, 1.165) is 21.1 Å². The van der Waals surface area contributed by atoms with Crippen LogP contribution < -0.4 is 5.32 Å². The summed E-state index contributed by atoms with van der Waals surface area (Å²) in [6.45, 7) is 0.490. The fraction of sp³-hybridized carbons (Fsp3) is 0.0667. The highest BCUT2D eigenvalue weighted by Crippen LogP contribution is 2.12. The summed E-state index contributed by atoms with van der Waals surface area (Å²) in [4.78, 5) is 19.2. The fourth-order valence-corrected chi connectivity index (χ4v) is 2.24. The molecule has 1 heterocycles. The third-order valence-corrected chi connectivity index (χ3v) is 3.57. The molecular weight excluding hydrogens is 318 g/mol. The van der Waals surface area contributed by atoms with Gasteiger partial charge in [-0.15, -0.1) is 0 Å². The average Bonchev–Trinajstić information content (AvgIpc) is 2.93. The number of nitrogens with one attached hydrogen (secondary N) is 2. The Hall–Kier alpha value is -2.14. The summed E-state index contributed by atoms with van der Waals surface area (Å²) in [5.41, 5.74) is 3.58. The number of hydrogen-bond donors (Lipinski definition) is 2. The van der Waals surface area contributed by atoms with Gasteiger partial charge in [0.25, 0.3) is 5.91 Å². The van der Waals surface area contributed by atoms with Crippen LogP contribution in [0, 0.1) is 0 Å². The number of imidazole rings is 1. The Labute approximate surface area is 124 Å². The van der Waals surface area contributed by atoms with Gasteiger partial charge in [-0.25, -0.2) is 4.98 Å². The lowest BCUT2D eigenvalue weighted by atomic mass is 10.2. The van der Waals surface area contributed by atoms with Gasteiger partial charge in [0.15, 0.2) is 0 Å². The number of hydrogen-bond acceptors (Lipinski definition) is 2. The number of H-pyrrole nitrogens is 1. The second-order valence-corrected chi connectivity index (χ2v) is 5.36. The molecule has 2 aromatic carbocycles. The van der Waals surface area contributed by atoms with Crippen molar-refractivity contribution in [2.24, 2.45) is 0 Å². The van der Waals surface area contributed by atoms with Crippen molar-refractivity contribution in [1.82, 2.24) is 15.3 Å². The first-order chi connectivity index (χ1) is 9.72. The average molecular weight is 330 g/mol. The van der Waals surface area contributed by atoms with Crippen LogP contribution in [0.2, 0.25) is 0 Å². The molecule has 1 amide bonds. The number of fused-ring (bicyclic) bond motifs is 1. The van der Waals surface area contributed by atoms with Crippen molar-refractivity contribution in [2.75, 3.05) is 0 Å². The van der Waals surface area contributed by atoms with E-state index in [-0.39, 0.29) is 5.91 Å².